The van der Waals surface area contributed by atoms with Crippen LogP contribution in [0.2, 0.25) is 0 Å². The predicted octanol–water partition coefficient (Wildman–Crippen LogP) is 8.80. The highest BCUT2D eigenvalue weighted by atomic mass is 16.5. The average Bonchev–Trinajstić information content (AvgIpc) is 3.17. The minimum atomic E-state index is -0.371. The summed E-state index contributed by atoms with van der Waals surface area (Å²) in [6.45, 7) is 14.7. The van der Waals surface area contributed by atoms with E-state index in [0.717, 1.165) is 54.8 Å². The molecule has 2 heteroatoms. The number of methoxy groups -OCH3 is 1. The second-order valence-corrected chi connectivity index (χ2v) is 14.4. The number of hydrogen-bond acceptors (Lipinski definition) is 2. The molecule has 0 bridgehead atoms. The molecule has 1 N–H and O–H groups in total. The lowest BCUT2D eigenvalue weighted by atomic mass is 9.43. The zero-order valence-corrected chi connectivity index (χ0v) is 23.9. The molecule has 0 radical (unpaired) electrons. The largest absolute Gasteiger partial charge is 0.390 e. The lowest BCUT2D eigenvalue weighted by molar-refractivity contribution is -0.152. The molecule has 4 aliphatic rings. The topological polar surface area (TPSA) is 29.5 Å². The van der Waals surface area contributed by atoms with Crippen LogP contribution in [-0.4, -0.2) is 23.4 Å². The molecule has 0 aliphatic heterocycles. The molecule has 4 fully saturated rings. The van der Waals surface area contributed by atoms with Crippen molar-refractivity contribution in [3.05, 3.63) is 0 Å². The second-order valence-electron chi connectivity index (χ2n) is 14.4. The van der Waals surface area contributed by atoms with E-state index >= 15 is 0 Å². The van der Waals surface area contributed by atoms with Crippen molar-refractivity contribution >= 4 is 0 Å². The zero-order valence-electron chi connectivity index (χ0n) is 23.9. The molecule has 0 amide bonds. The summed E-state index contributed by atoms with van der Waals surface area (Å²) < 4.78 is 5.91. The molecule has 5 unspecified atom stereocenters. The van der Waals surface area contributed by atoms with Crippen molar-refractivity contribution < 1.29 is 9.84 Å². The summed E-state index contributed by atoms with van der Waals surface area (Å²) in [6, 6.07) is 0. The number of ether oxygens (including phenoxy) is 1. The first kappa shape index (κ1) is 27.0. The van der Waals surface area contributed by atoms with Gasteiger partial charge in [0.05, 0.1) is 11.2 Å². The van der Waals surface area contributed by atoms with Crippen molar-refractivity contribution in [1.29, 1.82) is 0 Å². The number of hydrogen-bond donors (Lipinski definition) is 1. The molecule has 4 rings (SSSR count). The zero-order chi connectivity index (χ0) is 24.8. The maximum Gasteiger partial charge on any atom is 0.0650 e. The van der Waals surface area contributed by atoms with Crippen LogP contribution in [0.4, 0.5) is 0 Å². The molecular weight excluding hydrogens is 416 g/mol. The third-order valence-electron chi connectivity index (χ3n) is 12.9. The maximum absolute atomic E-state index is 11.1. The lowest BCUT2D eigenvalue weighted by Gasteiger charge is -2.62. The van der Waals surface area contributed by atoms with Gasteiger partial charge in [-0.25, -0.2) is 0 Å². The van der Waals surface area contributed by atoms with Crippen LogP contribution in [0.3, 0.4) is 0 Å². The van der Waals surface area contributed by atoms with E-state index in [9.17, 15) is 5.11 Å². The Labute approximate surface area is 212 Å². The summed E-state index contributed by atoms with van der Waals surface area (Å²) in [5.74, 6) is 5.33. The Morgan fingerprint density at radius 3 is 2.35 bits per heavy atom. The Morgan fingerprint density at radius 1 is 0.941 bits per heavy atom. The van der Waals surface area contributed by atoms with Crippen LogP contribution in [0.1, 0.15) is 138 Å². The van der Waals surface area contributed by atoms with Gasteiger partial charge in [0.25, 0.3) is 0 Å². The fourth-order valence-electron chi connectivity index (χ4n) is 10.5. The lowest BCUT2D eigenvalue weighted by Crippen LogP contribution is -2.56. The summed E-state index contributed by atoms with van der Waals surface area (Å²) in [7, 11) is 1.91. The predicted molar refractivity (Wildman–Crippen MR) is 144 cm³/mol. The normalized spacial score (nSPS) is 46.8. The van der Waals surface area contributed by atoms with Gasteiger partial charge in [-0.2, -0.15) is 0 Å². The van der Waals surface area contributed by atoms with E-state index in [1.165, 1.54) is 77.0 Å². The number of aliphatic hydroxyl groups is 1. The van der Waals surface area contributed by atoms with Crippen LogP contribution in [0.25, 0.3) is 0 Å². The van der Waals surface area contributed by atoms with Gasteiger partial charge in [0, 0.05) is 7.11 Å². The van der Waals surface area contributed by atoms with Crippen molar-refractivity contribution in [2.24, 2.45) is 46.3 Å². The quantitative estimate of drug-likeness (QED) is 0.362. The molecular formula is C32H58O2. The van der Waals surface area contributed by atoms with Crippen molar-refractivity contribution in [2.75, 3.05) is 7.11 Å². The van der Waals surface area contributed by atoms with Crippen LogP contribution >= 0.6 is 0 Å². The Kier molecular flexibility index (Phi) is 7.93. The fraction of sp³-hybridized carbons (Fsp3) is 1.00. The summed E-state index contributed by atoms with van der Waals surface area (Å²) >= 11 is 0. The van der Waals surface area contributed by atoms with Crippen molar-refractivity contribution in [1.82, 2.24) is 0 Å². The molecule has 0 saturated heterocycles. The SMILES string of the molecule is CCCC(C)(CCC[C@@H](C)C1CCC2[C@@H]3CCC4C[C@](O)(CC)CC[C@]4(C)C3CC[C@@]21C)OC. The monoisotopic (exact) mass is 474 g/mol. The highest BCUT2D eigenvalue weighted by Gasteiger charge is 2.61. The van der Waals surface area contributed by atoms with Gasteiger partial charge in [0.2, 0.25) is 0 Å². The van der Waals surface area contributed by atoms with Crippen molar-refractivity contribution in [2.45, 2.75) is 149 Å². The molecule has 2 nitrogen and oxygen atoms in total. The van der Waals surface area contributed by atoms with Crippen LogP contribution < -0.4 is 0 Å². The summed E-state index contributed by atoms with van der Waals surface area (Å²) in [5, 5.41) is 11.1. The van der Waals surface area contributed by atoms with E-state index in [2.05, 4.69) is 41.5 Å². The van der Waals surface area contributed by atoms with Gasteiger partial charge in [-0.05, 0) is 130 Å². The molecule has 0 aromatic carbocycles. The molecule has 0 aromatic heterocycles. The Morgan fingerprint density at radius 2 is 1.68 bits per heavy atom. The molecule has 34 heavy (non-hydrogen) atoms. The third-order valence-corrected chi connectivity index (χ3v) is 12.9. The van der Waals surface area contributed by atoms with Crippen LogP contribution in [-0.2, 0) is 4.74 Å². The molecule has 0 heterocycles. The molecule has 10 atom stereocenters. The number of rotatable bonds is 9. The van der Waals surface area contributed by atoms with Gasteiger partial charge < -0.3 is 9.84 Å². The van der Waals surface area contributed by atoms with E-state index in [1.54, 1.807) is 0 Å². The van der Waals surface area contributed by atoms with E-state index in [0.29, 0.717) is 10.8 Å². The highest BCUT2D eigenvalue weighted by Crippen LogP contribution is 2.69. The van der Waals surface area contributed by atoms with E-state index in [4.69, 9.17) is 4.74 Å². The van der Waals surface area contributed by atoms with Gasteiger partial charge >= 0.3 is 0 Å². The van der Waals surface area contributed by atoms with Gasteiger partial charge in [0.15, 0.2) is 0 Å². The van der Waals surface area contributed by atoms with Crippen molar-refractivity contribution in [3.8, 4) is 0 Å². The first-order valence-corrected chi connectivity index (χ1v) is 15.3. The molecule has 4 aliphatic carbocycles. The van der Waals surface area contributed by atoms with Gasteiger partial charge in [-0.15, -0.1) is 0 Å². The minimum Gasteiger partial charge on any atom is -0.390 e. The van der Waals surface area contributed by atoms with Crippen LogP contribution in [0, 0.1) is 46.3 Å². The standard InChI is InChI=1S/C32H58O2/c1-8-17-29(4,34-7)18-10-11-23(3)26-14-15-27-25-13-12-24-22-32(33,9-2)21-20-30(24,5)28(25)16-19-31(26,27)6/h23-28,33H,8-22H2,1-7H3/t23-,24?,25+,26?,27?,28?,29?,30+,31-,32+/m1/s1. The van der Waals surface area contributed by atoms with Gasteiger partial charge in [0.1, 0.15) is 0 Å². The van der Waals surface area contributed by atoms with E-state index < -0.39 is 0 Å². The fourth-order valence-corrected chi connectivity index (χ4v) is 10.5. The summed E-state index contributed by atoms with van der Waals surface area (Å²) in [6.07, 6.45) is 19.3. The smallest absolute Gasteiger partial charge is 0.0650 e. The molecule has 0 spiro atoms. The highest BCUT2D eigenvalue weighted by molar-refractivity contribution is 5.10. The first-order valence-electron chi connectivity index (χ1n) is 15.3. The molecule has 198 valence electrons. The van der Waals surface area contributed by atoms with E-state index in [1.807, 2.05) is 7.11 Å². The summed E-state index contributed by atoms with van der Waals surface area (Å²) in [5.41, 5.74) is 0.757. The average molecular weight is 475 g/mol. The van der Waals surface area contributed by atoms with Crippen LogP contribution in [0.15, 0.2) is 0 Å². The van der Waals surface area contributed by atoms with Gasteiger partial charge in [-0.3, -0.25) is 0 Å². The van der Waals surface area contributed by atoms with Gasteiger partial charge in [-0.1, -0.05) is 53.9 Å². The Hall–Kier alpha value is -0.0800. The number of fused-ring (bicyclic) bond motifs is 5. The molecule has 4 saturated carbocycles. The Bertz CT molecular complexity index is 690. The minimum absolute atomic E-state index is 0.0760. The van der Waals surface area contributed by atoms with Crippen LogP contribution in [0.5, 0.6) is 0 Å². The summed E-state index contributed by atoms with van der Waals surface area (Å²) in [4.78, 5) is 0. The maximum atomic E-state index is 11.1. The first-order chi connectivity index (χ1) is 16.0. The molecule has 0 aromatic rings. The third kappa shape index (κ3) is 4.66. The van der Waals surface area contributed by atoms with Crippen molar-refractivity contribution in [3.63, 3.8) is 0 Å². The van der Waals surface area contributed by atoms with E-state index in [-0.39, 0.29) is 11.2 Å². The Balaban J connectivity index is 1.40. The second kappa shape index (κ2) is 10.00.